The average Bonchev–Trinajstić information content (AvgIpc) is 3.00. The van der Waals surface area contributed by atoms with E-state index in [1.54, 1.807) is 12.1 Å². The number of fused-ring (bicyclic) bond motifs is 2. The van der Waals surface area contributed by atoms with Crippen molar-refractivity contribution in [2.24, 2.45) is 11.8 Å². The molecule has 20 heavy (non-hydrogen) atoms. The van der Waals surface area contributed by atoms with E-state index in [1.165, 1.54) is 25.7 Å². The summed E-state index contributed by atoms with van der Waals surface area (Å²) < 4.78 is 0. The van der Waals surface area contributed by atoms with Crippen LogP contribution in [0.1, 0.15) is 61.5 Å². The van der Waals surface area contributed by atoms with Crippen molar-refractivity contribution in [1.29, 1.82) is 0 Å². The Morgan fingerprint density at radius 2 is 2.15 bits per heavy atom. The summed E-state index contributed by atoms with van der Waals surface area (Å²) in [4.78, 5) is 15.8. The van der Waals surface area contributed by atoms with E-state index in [0.717, 1.165) is 23.3 Å². The van der Waals surface area contributed by atoms with Crippen molar-refractivity contribution in [2.45, 2.75) is 51.5 Å². The number of hydrogen-bond donors (Lipinski definition) is 2. The van der Waals surface area contributed by atoms with E-state index in [0.29, 0.717) is 11.6 Å². The summed E-state index contributed by atoms with van der Waals surface area (Å²) in [5.74, 6) is 1.69. The summed E-state index contributed by atoms with van der Waals surface area (Å²) in [7, 11) is 0. The Kier molecular flexibility index (Phi) is 3.40. The lowest BCUT2D eigenvalue weighted by Gasteiger charge is -2.24. The van der Waals surface area contributed by atoms with E-state index in [2.05, 4.69) is 10.3 Å². The summed E-state index contributed by atoms with van der Waals surface area (Å²) in [6.45, 7) is 4.07. The Bertz CT molecular complexity index is 527. The van der Waals surface area contributed by atoms with Gasteiger partial charge >= 0.3 is 5.97 Å². The van der Waals surface area contributed by atoms with Gasteiger partial charge in [-0.25, -0.2) is 9.78 Å². The van der Waals surface area contributed by atoms with Gasteiger partial charge in [0.25, 0.3) is 0 Å². The molecule has 2 aliphatic carbocycles. The highest BCUT2D eigenvalue weighted by Gasteiger charge is 2.39. The first-order valence-corrected chi connectivity index (χ1v) is 7.54. The molecule has 0 amide bonds. The van der Waals surface area contributed by atoms with Gasteiger partial charge in [0.1, 0.15) is 5.82 Å². The van der Waals surface area contributed by atoms with Gasteiger partial charge in [-0.1, -0.05) is 20.3 Å². The third-order valence-corrected chi connectivity index (χ3v) is 4.76. The number of aromatic carboxylic acids is 1. The van der Waals surface area contributed by atoms with Crippen LogP contribution in [0, 0.1) is 11.8 Å². The lowest BCUT2D eigenvalue weighted by Crippen LogP contribution is -2.26. The predicted octanol–water partition coefficient (Wildman–Crippen LogP) is 3.50. The normalized spacial score (nSPS) is 28.1. The summed E-state index contributed by atoms with van der Waals surface area (Å²) in [6, 6.07) is 3.82. The highest BCUT2D eigenvalue weighted by Crippen LogP contribution is 2.45. The third kappa shape index (κ3) is 2.51. The van der Waals surface area contributed by atoms with Crippen LogP contribution < -0.4 is 5.32 Å². The van der Waals surface area contributed by atoms with E-state index in [4.69, 9.17) is 0 Å². The highest BCUT2D eigenvalue weighted by atomic mass is 16.4. The Balaban J connectivity index is 1.83. The molecule has 1 aromatic rings. The number of pyridine rings is 1. The Hall–Kier alpha value is -1.58. The van der Waals surface area contributed by atoms with Crippen LogP contribution in [0.25, 0.3) is 0 Å². The molecule has 108 valence electrons. The zero-order valence-electron chi connectivity index (χ0n) is 12.1. The predicted molar refractivity (Wildman–Crippen MR) is 78.1 cm³/mol. The second kappa shape index (κ2) is 5.08. The van der Waals surface area contributed by atoms with Crippen molar-refractivity contribution in [1.82, 2.24) is 4.98 Å². The van der Waals surface area contributed by atoms with Crippen LogP contribution in [0.3, 0.4) is 0 Å². The van der Waals surface area contributed by atoms with Gasteiger partial charge in [-0.05, 0) is 49.1 Å². The fourth-order valence-electron chi connectivity index (χ4n) is 3.66. The van der Waals surface area contributed by atoms with Gasteiger partial charge in [-0.2, -0.15) is 0 Å². The van der Waals surface area contributed by atoms with Crippen LogP contribution >= 0.6 is 0 Å². The molecule has 3 unspecified atom stereocenters. The molecular formula is C16H22N2O2. The number of carboxylic acid groups (broad SMARTS) is 1. The largest absolute Gasteiger partial charge is 0.478 e. The van der Waals surface area contributed by atoms with Gasteiger partial charge in [0.2, 0.25) is 0 Å². The van der Waals surface area contributed by atoms with Crippen molar-refractivity contribution < 1.29 is 9.90 Å². The minimum atomic E-state index is -0.884. The zero-order valence-corrected chi connectivity index (χ0v) is 12.1. The first-order chi connectivity index (χ1) is 9.52. The maximum atomic E-state index is 11.2. The molecule has 3 rings (SSSR count). The molecule has 0 aromatic carbocycles. The molecular weight excluding hydrogens is 252 g/mol. The molecule has 0 saturated heterocycles. The molecule has 3 atom stereocenters. The number of carbonyl (C=O) groups is 1. The summed E-state index contributed by atoms with van der Waals surface area (Å²) >= 11 is 0. The average molecular weight is 274 g/mol. The number of nitrogens with one attached hydrogen (secondary N) is 1. The fraction of sp³-hybridized carbons (Fsp3) is 0.625. The SMILES string of the molecule is CC(C)c1cc(C(=O)O)cc(NC2CC3CCC2C3)n1. The van der Waals surface area contributed by atoms with E-state index in [-0.39, 0.29) is 5.92 Å². The number of hydrogen-bond acceptors (Lipinski definition) is 3. The maximum Gasteiger partial charge on any atom is 0.335 e. The highest BCUT2D eigenvalue weighted by molar-refractivity contribution is 5.88. The van der Waals surface area contributed by atoms with Gasteiger partial charge < -0.3 is 10.4 Å². The second-order valence-corrected chi connectivity index (χ2v) is 6.55. The topological polar surface area (TPSA) is 62.2 Å². The summed E-state index contributed by atoms with van der Waals surface area (Å²) in [5, 5.41) is 12.7. The monoisotopic (exact) mass is 274 g/mol. The van der Waals surface area contributed by atoms with Gasteiger partial charge in [0.05, 0.1) is 5.56 Å². The summed E-state index contributed by atoms with van der Waals surface area (Å²) in [5.41, 5.74) is 1.17. The molecule has 2 aliphatic rings. The third-order valence-electron chi connectivity index (χ3n) is 4.76. The minimum Gasteiger partial charge on any atom is -0.478 e. The van der Waals surface area contributed by atoms with Crippen LogP contribution in [0.2, 0.25) is 0 Å². The van der Waals surface area contributed by atoms with E-state index in [1.807, 2.05) is 13.8 Å². The Morgan fingerprint density at radius 1 is 1.35 bits per heavy atom. The molecule has 1 heterocycles. The lowest BCUT2D eigenvalue weighted by atomic mass is 9.95. The number of carboxylic acids is 1. The molecule has 4 heteroatoms. The van der Waals surface area contributed by atoms with Crippen molar-refractivity contribution in [2.75, 3.05) is 5.32 Å². The smallest absolute Gasteiger partial charge is 0.335 e. The minimum absolute atomic E-state index is 0.231. The number of anilines is 1. The van der Waals surface area contributed by atoms with E-state index in [9.17, 15) is 9.90 Å². The van der Waals surface area contributed by atoms with Gasteiger partial charge in [-0.15, -0.1) is 0 Å². The molecule has 2 bridgehead atoms. The molecule has 2 saturated carbocycles. The van der Waals surface area contributed by atoms with E-state index >= 15 is 0 Å². The molecule has 0 aliphatic heterocycles. The van der Waals surface area contributed by atoms with Crippen molar-refractivity contribution >= 4 is 11.8 Å². The van der Waals surface area contributed by atoms with Crippen LogP contribution in [0.4, 0.5) is 5.82 Å². The molecule has 0 spiro atoms. The number of rotatable bonds is 4. The molecule has 2 N–H and O–H groups in total. The Labute approximate surface area is 119 Å². The van der Waals surface area contributed by atoms with Crippen LogP contribution in [-0.2, 0) is 0 Å². The standard InChI is InChI=1S/C16H22N2O2/c1-9(2)13-7-12(16(19)20)8-15(17-13)18-14-6-10-3-4-11(14)5-10/h7-11,14H,3-6H2,1-2H3,(H,17,18)(H,19,20). The maximum absolute atomic E-state index is 11.2. The lowest BCUT2D eigenvalue weighted by molar-refractivity contribution is 0.0696. The summed E-state index contributed by atoms with van der Waals surface area (Å²) in [6.07, 6.45) is 5.20. The first-order valence-electron chi connectivity index (χ1n) is 7.54. The van der Waals surface area contributed by atoms with Crippen LogP contribution in [0.5, 0.6) is 0 Å². The molecule has 4 nitrogen and oxygen atoms in total. The van der Waals surface area contributed by atoms with Crippen molar-refractivity contribution in [3.63, 3.8) is 0 Å². The second-order valence-electron chi connectivity index (χ2n) is 6.55. The van der Waals surface area contributed by atoms with Crippen LogP contribution in [-0.4, -0.2) is 22.1 Å². The van der Waals surface area contributed by atoms with Gasteiger partial charge in [0, 0.05) is 11.7 Å². The quantitative estimate of drug-likeness (QED) is 0.882. The van der Waals surface area contributed by atoms with Crippen molar-refractivity contribution in [3.8, 4) is 0 Å². The van der Waals surface area contributed by atoms with Crippen LogP contribution in [0.15, 0.2) is 12.1 Å². The van der Waals surface area contributed by atoms with E-state index < -0.39 is 5.97 Å². The number of nitrogens with zero attached hydrogens (tertiary/aromatic N) is 1. The van der Waals surface area contributed by atoms with Gasteiger partial charge in [0.15, 0.2) is 0 Å². The Morgan fingerprint density at radius 3 is 2.70 bits per heavy atom. The fourth-order valence-corrected chi connectivity index (χ4v) is 3.66. The van der Waals surface area contributed by atoms with Gasteiger partial charge in [-0.3, -0.25) is 0 Å². The molecule has 0 radical (unpaired) electrons. The first kappa shape index (κ1) is 13.4. The molecule has 2 fully saturated rings. The number of aromatic nitrogens is 1. The zero-order chi connectivity index (χ0) is 14.3. The molecule has 1 aromatic heterocycles. The van der Waals surface area contributed by atoms with Crippen molar-refractivity contribution in [3.05, 3.63) is 23.4 Å².